The molecule has 0 fully saturated rings. The van der Waals surface area contributed by atoms with Crippen LogP contribution in [0.1, 0.15) is 54.0 Å². The number of ketones is 2. The second-order valence-corrected chi connectivity index (χ2v) is 8.96. The van der Waals surface area contributed by atoms with Crippen LogP contribution in [0.3, 0.4) is 0 Å². The van der Waals surface area contributed by atoms with E-state index in [4.69, 9.17) is 4.74 Å². The topological polar surface area (TPSA) is 94.3 Å². The highest BCUT2D eigenvalue weighted by Gasteiger charge is 2.43. The fourth-order valence-electron chi connectivity index (χ4n) is 3.75. The number of aliphatic hydroxyl groups excluding tert-OH is 1. The maximum Gasteiger partial charge on any atom is 0.435 e. The summed E-state index contributed by atoms with van der Waals surface area (Å²) in [6.07, 6.45) is -7.97. The third-order valence-electron chi connectivity index (χ3n) is 5.32. The lowest BCUT2D eigenvalue weighted by atomic mass is 9.75. The zero-order valence-electron chi connectivity index (χ0n) is 18.8. The summed E-state index contributed by atoms with van der Waals surface area (Å²) in [4.78, 5) is 29.4. The van der Waals surface area contributed by atoms with Crippen molar-refractivity contribution in [2.75, 3.05) is 6.61 Å². The second kappa shape index (κ2) is 9.00. The van der Waals surface area contributed by atoms with Gasteiger partial charge in [0.15, 0.2) is 18.1 Å². The molecule has 0 bridgehead atoms. The van der Waals surface area contributed by atoms with Crippen LogP contribution >= 0.6 is 0 Å². The molecule has 1 N–H and O–H groups in total. The van der Waals surface area contributed by atoms with Crippen LogP contribution in [0.5, 0.6) is 5.75 Å². The summed E-state index contributed by atoms with van der Waals surface area (Å²) >= 11 is 0. The molecule has 0 spiro atoms. The molecule has 0 aliphatic heterocycles. The molecular weight excluding hydrogens is 484 g/mol. The number of alkyl halides is 6. The van der Waals surface area contributed by atoms with Gasteiger partial charge < -0.3 is 9.84 Å². The van der Waals surface area contributed by atoms with Gasteiger partial charge in [0.1, 0.15) is 17.1 Å². The molecule has 0 saturated carbocycles. The highest BCUT2D eigenvalue weighted by Crippen LogP contribution is 2.38. The van der Waals surface area contributed by atoms with Crippen molar-refractivity contribution in [3.05, 3.63) is 52.3 Å². The first kappa shape index (κ1) is 26.2. The van der Waals surface area contributed by atoms with E-state index in [1.807, 2.05) is 0 Å². The molecule has 2 aromatic rings. The molecule has 190 valence electrons. The molecule has 0 amide bonds. The van der Waals surface area contributed by atoms with Gasteiger partial charge in [-0.15, -0.1) is 0 Å². The first-order valence-corrected chi connectivity index (χ1v) is 10.3. The Morgan fingerprint density at radius 2 is 1.86 bits per heavy atom. The lowest BCUT2D eigenvalue weighted by Crippen LogP contribution is -2.29. The fraction of sp³-hybridized carbons (Fsp3) is 0.455. The Hall–Kier alpha value is -3.38. The third-order valence-corrected chi connectivity index (χ3v) is 5.32. The zero-order chi connectivity index (χ0) is 26.3. The van der Waals surface area contributed by atoms with Crippen molar-refractivity contribution in [2.24, 2.45) is 5.41 Å². The molecular formula is C22H21F6N3O4. The van der Waals surface area contributed by atoms with Gasteiger partial charge in [0.25, 0.3) is 0 Å². The molecule has 1 aliphatic carbocycles. The summed E-state index contributed by atoms with van der Waals surface area (Å²) in [5.41, 5.74) is -3.69. The van der Waals surface area contributed by atoms with Gasteiger partial charge in [-0.2, -0.15) is 31.4 Å². The molecule has 2 aromatic heterocycles. The van der Waals surface area contributed by atoms with Crippen LogP contribution in [0.15, 0.2) is 29.8 Å². The molecule has 0 saturated heterocycles. The van der Waals surface area contributed by atoms with Crippen molar-refractivity contribution in [1.82, 2.24) is 14.8 Å². The Bertz CT molecular complexity index is 1190. The first-order chi connectivity index (χ1) is 16.0. The van der Waals surface area contributed by atoms with Gasteiger partial charge >= 0.3 is 12.4 Å². The summed E-state index contributed by atoms with van der Waals surface area (Å²) in [6.45, 7) is 2.71. The minimum absolute atomic E-state index is 0.0532. The second-order valence-electron chi connectivity index (χ2n) is 8.96. The Labute approximate surface area is 195 Å². The molecule has 0 atom stereocenters. The standard InChI is InChI=1S/C22H21F6N3O4/c1-11-13(29-5-4-16(11)35-10-21(23,24)25)9-31-8-12(19(30-31)22(26,27)28)18(34)17-14(32)6-20(2,3)7-15(17)33/h4-5,8,32H,6-7,9-10H2,1-3H3. The van der Waals surface area contributed by atoms with E-state index < -0.39 is 65.1 Å². The molecule has 3 rings (SSSR count). The summed E-state index contributed by atoms with van der Waals surface area (Å²) < 4.78 is 83.9. The van der Waals surface area contributed by atoms with E-state index in [0.717, 1.165) is 17.1 Å². The number of rotatable bonds is 6. The number of Topliss-reactive ketones (excluding diaryl/α,β-unsaturated/α-hetero) is 2. The number of allylic oxidation sites excluding steroid dienone is 2. The van der Waals surface area contributed by atoms with Gasteiger partial charge in [-0.25, -0.2) is 0 Å². The Kier molecular flexibility index (Phi) is 6.75. The third kappa shape index (κ3) is 6.01. The number of pyridine rings is 1. The van der Waals surface area contributed by atoms with E-state index in [1.54, 1.807) is 13.8 Å². The van der Waals surface area contributed by atoms with Crippen LogP contribution < -0.4 is 4.74 Å². The predicted molar refractivity (Wildman–Crippen MR) is 109 cm³/mol. The number of halogens is 6. The number of hydrogen-bond donors (Lipinski definition) is 1. The van der Waals surface area contributed by atoms with Crippen molar-refractivity contribution < 1.29 is 45.8 Å². The Morgan fingerprint density at radius 3 is 2.43 bits per heavy atom. The number of ether oxygens (including phenoxy) is 1. The van der Waals surface area contributed by atoms with Gasteiger partial charge in [0.2, 0.25) is 5.78 Å². The largest absolute Gasteiger partial charge is 0.511 e. The molecule has 0 radical (unpaired) electrons. The van der Waals surface area contributed by atoms with Crippen LogP contribution in [0, 0.1) is 12.3 Å². The summed E-state index contributed by atoms with van der Waals surface area (Å²) in [5, 5.41) is 13.7. The average molecular weight is 505 g/mol. The number of aromatic nitrogens is 3. The average Bonchev–Trinajstić information content (AvgIpc) is 3.11. The lowest BCUT2D eigenvalue weighted by molar-refractivity contribution is -0.153. The van der Waals surface area contributed by atoms with E-state index in [0.29, 0.717) is 0 Å². The van der Waals surface area contributed by atoms with E-state index in [2.05, 4.69) is 10.1 Å². The monoisotopic (exact) mass is 505 g/mol. The normalized spacial score (nSPS) is 16.5. The SMILES string of the molecule is Cc1c(OCC(F)(F)F)ccnc1Cn1cc(C(=O)C2=C(O)CC(C)(C)CC2=O)c(C(F)(F)F)n1. The minimum atomic E-state index is -5.07. The van der Waals surface area contributed by atoms with Gasteiger partial charge in [-0.3, -0.25) is 19.3 Å². The number of carbonyl (C=O) groups excluding carboxylic acids is 2. The summed E-state index contributed by atoms with van der Waals surface area (Å²) in [5.74, 6) is -2.85. The van der Waals surface area contributed by atoms with Crippen molar-refractivity contribution in [3.63, 3.8) is 0 Å². The maximum absolute atomic E-state index is 13.7. The smallest absolute Gasteiger partial charge is 0.435 e. The molecule has 0 unspecified atom stereocenters. The summed E-state index contributed by atoms with van der Waals surface area (Å²) in [7, 11) is 0. The van der Waals surface area contributed by atoms with Crippen LogP contribution in [0.2, 0.25) is 0 Å². The highest BCUT2D eigenvalue weighted by molar-refractivity contribution is 6.27. The van der Waals surface area contributed by atoms with Crippen molar-refractivity contribution in [3.8, 4) is 5.75 Å². The minimum Gasteiger partial charge on any atom is -0.511 e. The molecule has 1 aliphatic rings. The van der Waals surface area contributed by atoms with Crippen molar-refractivity contribution in [1.29, 1.82) is 0 Å². The van der Waals surface area contributed by atoms with Gasteiger partial charge in [-0.05, 0) is 18.4 Å². The van der Waals surface area contributed by atoms with E-state index in [1.165, 1.54) is 13.0 Å². The number of aliphatic hydroxyl groups is 1. The molecule has 0 aromatic carbocycles. The quantitative estimate of drug-likeness (QED) is 0.338. The Morgan fingerprint density at radius 1 is 1.20 bits per heavy atom. The van der Waals surface area contributed by atoms with Gasteiger partial charge in [-0.1, -0.05) is 13.8 Å². The maximum atomic E-state index is 13.7. The van der Waals surface area contributed by atoms with E-state index >= 15 is 0 Å². The number of carbonyl (C=O) groups is 2. The van der Waals surface area contributed by atoms with Gasteiger partial charge in [0, 0.05) is 30.8 Å². The van der Waals surface area contributed by atoms with E-state index in [9.17, 15) is 41.0 Å². The predicted octanol–water partition coefficient (Wildman–Crippen LogP) is 4.98. The lowest BCUT2D eigenvalue weighted by Gasteiger charge is -2.29. The number of hydrogen-bond acceptors (Lipinski definition) is 6. The molecule has 7 nitrogen and oxygen atoms in total. The van der Waals surface area contributed by atoms with Gasteiger partial charge in [0.05, 0.1) is 17.8 Å². The number of nitrogens with zero attached hydrogens (tertiary/aromatic N) is 3. The summed E-state index contributed by atoms with van der Waals surface area (Å²) in [6, 6.07) is 1.18. The molecule has 13 heteroatoms. The molecule has 2 heterocycles. The first-order valence-electron chi connectivity index (χ1n) is 10.3. The van der Waals surface area contributed by atoms with Crippen LogP contribution in [-0.2, 0) is 17.5 Å². The molecule has 35 heavy (non-hydrogen) atoms. The van der Waals surface area contributed by atoms with Crippen molar-refractivity contribution >= 4 is 11.6 Å². The highest BCUT2D eigenvalue weighted by atomic mass is 19.4. The van der Waals surface area contributed by atoms with E-state index in [-0.39, 0.29) is 29.8 Å². The van der Waals surface area contributed by atoms with Crippen LogP contribution in [0.25, 0.3) is 0 Å². The fourth-order valence-corrected chi connectivity index (χ4v) is 3.75. The Balaban J connectivity index is 1.97. The van der Waals surface area contributed by atoms with Crippen LogP contribution in [0.4, 0.5) is 26.3 Å². The zero-order valence-corrected chi connectivity index (χ0v) is 18.8. The van der Waals surface area contributed by atoms with Crippen molar-refractivity contribution in [2.45, 2.75) is 52.5 Å². The van der Waals surface area contributed by atoms with Crippen LogP contribution in [-0.4, -0.2) is 44.2 Å².